The van der Waals surface area contributed by atoms with Crippen molar-refractivity contribution in [3.63, 3.8) is 0 Å². The Morgan fingerprint density at radius 2 is 1.85 bits per heavy atom. The number of nitrogens with one attached hydrogen (secondary N) is 1. The second-order valence-corrected chi connectivity index (χ2v) is 7.26. The van der Waals surface area contributed by atoms with E-state index in [-0.39, 0.29) is 17.0 Å². The van der Waals surface area contributed by atoms with Crippen LogP contribution in [-0.4, -0.2) is 35.9 Å². The standard InChI is InChI=1S/C17H16N4O5S/c1-2-18-27(24,25)13-9-7-12(8-10-13)17(23)26-11-21-16(22)14-5-3-4-6-15(14)19-20-21/h3-10,18H,2,11H2,1H3. The fourth-order valence-electron chi connectivity index (χ4n) is 2.35. The predicted molar refractivity (Wildman–Crippen MR) is 96.5 cm³/mol. The molecule has 3 rings (SSSR count). The summed E-state index contributed by atoms with van der Waals surface area (Å²) >= 11 is 0. The van der Waals surface area contributed by atoms with Gasteiger partial charge in [0.1, 0.15) is 5.52 Å². The van der Waals surface area contributed by atoms with Gasteiger partial charge in [-0.15, -0.1) is 5.10 Å². The van der Waals surface area contributed by atoms with E-state index in [0.717, 1.165) is 4.68 Å². The topological polar surface area (TPSA) is 120 Å². The van der Waals surface area contributed by atoms with E-state index in [1.807, 2.05) is 0 Å². The molecule has 140 valence electrons. The number of hydrogen-bond donors (Lipinski definition) is 1. The molecule has 0 bridgehead atoms. The Labute approximate surface area is 154 Å². The van der Waals surface area contributed by atoms with Crippen LogP contribution in [-0.2, 0) is 21.5 Å². The Kier molecular flexibility index (Phi) is 5.28. The highest BCUT2D eigenvalue weighted by Crippen LogP contribution is 2.11. The summed E-state index contributed by atoms with van der Waals surface area (Å²) in [6, 6.07) is 12.0. The number of benzene rings is 2. The molecule has 0 unspecified atom stereocenters. The molecule has 2 aromatic carbocycles. The van der Waals surface area contributed by atoms with Crippen LogP contribution in [0.4, 0.5) is 0 Å². The number of fused-ring (bicyclic) bond motifs is 1. The molecule has 1 N–H and O–H groups in total. The molecule has 10 heteroatoms. The van der Waals surface area contributed by atoms with E-state index in [2.05, 4.69) is 15.0 Å². The van der Waals surface area contributed by atoms with Gasteiger partial charge in [-0.05, 0) is 36.4 Å². The summed E-state index contributed by atoms with van der Waals surface area (Å²) in [5, 5.41) is 7.99. The molecule has 0 aliphatic carbocycles. The second-order valence-electron chi connectivity index (χ2n) is 5.50. The molecule has 0 spiro atoms. The van der Waals surface area contributed by atoms with Crippen LogP contribution in [0.15, 0.2) is 58.2 Å². The zero-order valence-corrected chi connectivity index (χ0v) is 15.1. The maximum atomic E-state index is 12.3. The zero-order chi connectivity index (χ0) is 19.4. The lowest BCUT2D eigenvalue weighted by Gasteiger charge is -2.08. The summed E-state index contributed by atoms with van der Waals surface area (Å²) in [4.78, 5) is 24.5. The number of carbonyl (C=O) groups excluding carboxylic acids is 1. The molecule has 9 nitrogen and oxygen atoms in total. The van der Waals surface area contributed by atoms with E-state index in [1.54, 1.807) is 31.2 Å². The first-order valence-electron chi connectivity index (χ1n) is 8.02. The first-order chi connectivity index (χ1) is 12.9. The number of ether oxygens (including phenoxy) is 1. The molecule has 0 radical (unpaired) electrons. The van der Waals surface area contributed by atoms with Crippen molar-refractivity contribution in [3.8, 4) is 0 Å². The SMILES string of the molecule is CCNS(=O)(=O)c1ccc(C(=O)OCn2nnc3ccccc3c2=O)cc1. The molecule has 27 heavy (non-hydrogen) atoms. The van der Waals surface area contributed by atoms with Crippen LogP contribution in [0.1, 0.15) is 17.3 Å². The summed E-state index contributed by atoms with van der Waals surface area (Å²) in [6.45, 7) is 1.52. The molecular formula is C17H16N4O5S. The lowest BCUT2D eigenvalue weighted by Crippen LogP contribution is -2.26. The van der Waals surface area contributed by atoms with Crippen LogP contribution in [0, 0.1) is 0 Å². The van der Waals surface area contributed by atoms with Gasteiger partial charge in [-0.25, -0.2) is 17.9 Å². The molecule has 0 aliphatic heterocycles. The van der Waals surface area contributed by atoms with Crippen LogP contribution in [0.25, 0.3) is 10.9 Å². The first-order valence-corrected chi connectivity index (χ1v) is 9.50. The maximum absolute atomic E-state index is 12.3. The molecule has 0 saturated carbocycles. The molecule has 1 heterocycles. The van der Waals surface area contributed by atoms with E-state index in [4.69, 9.17) is 4.74 Å². The lowest BCUT2D eigenvalue weighted by atomic mass is 10.2. The van der Waals surface area contributed by atoms with Crippen LogP contribution < -0.4 is 10.3 Å². The normalized spacial score (nSPS) is 11.4. The van der Waals surface area contributed by atoms with E-state index in [9.17, 15) is 18.0 Å². The van der Waals surface area contributed by atoms with Crippen LogP contribution >= 0.6 is 0 Å². The summed E-state index contributed by atoms with van der Waals surface area (Å²) in [5.41, 5.74) is 0.162. The van der Waals surface area contributed by atoms with Crippen molar-refractivity contribution in [1.82, 2.24) is 19.7 Å². The van der Waals surface area contributed by atoms with Gasteiger partial charge in [-0.3, -0.25) is 4.79 Å². The highest BCUT2D eigenvalue weighted by atomic mass is 32.2. The summed E-state index contributed by atoms with van der Waals surface area (Å²) < 4.78 is 32.1. The summed E-state index contributed by atoms with van der Waals surface area (Å²) in [6.07, 6.45) is 0. The minimum absolute atomic E-state index is 0.0394. The van der Waals surface area contributed by atoms with Crippen molar-refractivity contribution in [1.29, 1.82) is 0 Å². The van der Waals surface area contributed by atoms with Crippen LogP contribution in [0.5, 0.6) is 0 Å². The van der Waals surface area contributed by atoms with Gasteiger partial charge >= 0.3 is 5.97 Å². The van der Waals surface area contributed by atoms with Crippen LogP contribution in [0.3, 0.4) is 0 Å². The summed E-state index contributed by atoms with van der Waals surface area (Å²) in [5.74, 6) is -0.718. The van der Waals surface area contributed by atoms with Crippen molar-refractivity contribution >= 4 is 26.9 Å². The number of sulfonamides is 1. The van der Waals surface area contributed by atoms with Crippen LogP contribution in [0.2, 0.25) is 0 Å². The molecule has 0 atom stereocenters. The predicted octanol–water partition coefficient (Wildman–Crippen LogP) is 0.904. The molecule has 0 fully saturated rings. The Balaban J connectivity index is 1.73. The van der Waals surface area contributed by atoms with E-state index in [0.29, 0.717) is 10.9 Å². The Hall–Kier alpha value is -3.11. The molecule has 3 aromatic rings. The van der Waals surface area contributed by atoms with Crippen molar-refractivity contribution < 1.29 is 17.9 Å². The Morgan fingerprint density at radius 3 is 2.56 bits per heavy atom. The van der Waals surface area contributed by atoms with Crippen molar-refractivity contribution in [3.05, 3.63) is 64.4 Å². The van der Waals surface area contributed by atoms with Crippen molar-refractivity contribution in [2.24, 2.45) is 0 Å². The lowest BCUT2D eigenvalue weighted by molar-refractivity contribution is 0.0336. The minimum atomic E-state index is -3.60. The van der Waals surface area contributed by atoms with Crippen molar-refractivity contribution in [2.75, 3.05) is 6.54 Å². The largest absolute Gasteiger partial charge is 0.439 e. The molecule has 1 aromatic heterocycles. The minimum Gasteiger partial charge on any atom is -0.439 e. The third kappa shape index (κ3) is 4.01. The van der Waals surface area contributed by atoms with Crippen molar-refractivity contribution in [2.45, 2.75) is 18.6 Å². The Bertz CT molecular complexity index is 1140. The number of rotatable bonds is 6. The maximum Gasteiger partial charge on any atom is 0.339 e. The first kappa shape index (κ1) is 18.7. The number of esters is 1. The van der Waals surface area contributed by atoms with E-state index in [1.165, 1.54) is 24.3 Å². The number of aromatic nitrogens is 3. The molecular weight excluding hydrogens is 372 g/mol. The highest BCUT2D eigenvalue weighted by Gasteiger charge is 2.15. The second kappa shape index (κ2) is 7.64. The monoisotopic (exact) mass is 388 g/mol. The smallest absolute Gasteiger partial charge is 0.339 e. The summed E-state index contributed by atoms with van der Waals surface area (Å²) in [7, 11) is -3.60. The fraction of sp³-hybridized carbons (Fsp3) is 0.176. The molecule has 0 saturated heterocycles. The van der Waals surface area contributed by atoms with E-state index < -0.39 is 28.3 Å². The number of nitrogens with zero attached hydrogens (tertiary/aromatic N) is 3. The highest BCUT2D eigenvalue weighted by molar-refractivity contribution is 7.89. The molecule has 0 aliphatic rings. The van der Waals surface area contributed by atoms with Gasteiger partial charge in [-0.2, -0.15) is 4.68 Å². The van der Waals surface area contributed by atoms with Gasteiger partial charge in [0.05, 0.1) is 15.8 Å². The van der Waals surface area contributed by atoms with Gasteiger partial charge in [0.25, 0.3) is 5.56 Å². The molecule has 0 amide bonds. The average Bonchev–Trinajstić information content (AvgIpc) is 2.67. The quantitative estimate of drug-likeness (QED) is 0.623. The zero-order valence-electron chi connectivity index (χ0n) is 14.3. The third-order valence-electron chi connectivity index (χ3n) is 3.68. The van der Waals surface area contributed by atoms with Gasteiger partial charge in [0.2, 0.25) is 10.0 Å². The fourth-order valence-corrected chi connectivity index (χ4v) is 3.40. The average molecular weight is 388 g/mol. The van der Waals surface area contributed by atoms with E-state index >= 15 is 0 Å². The van der Waals surface area contributed by atoms with Gasteiger partial charge < -0.3 is 4.74 Å². The van der Waals surface area contributed by atoms with Gasteiger partial charge in [-0.1, -0.05) is 24.3 Å². The Morgan fingerprint density at radius 1 is 1.15 bits per heavy atom. The number of hydrogen-bond acceptors (Lipinski definition) is 7. The van der Waals surface area contributed by atoms with Gasteiger partial charge in [0, 0.05) is 6.54 Å². The number of carbonyl (C=O) groups is 1. The van der Waals surface area contributed by atoms with Gasteiger partial charge in [0.15, 0.2) is 6.73 Å². The third-order valence-corrected chi connectivity index (χ3v) is 5.24.